The van der Waals surface area contributed by atoms with Crippen molar-refractivity contribution in [2.75, 3.05) is 12.4 Å². The van der Waals surface area contributed by atoms with Crippen LogP contribution in [0.25, 0.3) is 5.00 Å². The number of nitrogens with one attached hydrogen (secondary N) is 2. The Morgan fingerprint density at radius 1 is 1.05 bits per heavy atom. The van der Waals surface area contributed by atoms with Crippen LogP contribution in [0, 0.1) is 0 Å². The molecule has 12 heteroatoms. The molecule has 2 amide bonds. The highest BCUT2D eigenvalue weighted by atomic mass is 35.5. The molecule has 0 bridgehead atoms. The number of anilines is 1. The van der Waals surface area contributed by atoms with Gasteiger partial charge in [-0.1, -0.05) is 53.5 Å². The summed E-state index contributed by atoms with van der Waals surface area (Å²) in [7, 11) is 1.35. The molecule has 1 aliphatic heterocycles. The first-order chi connectivity index (χ1) is 17.9. The predicted octanol–water partition coefficient (Wildman–Crippen LogP) is 5.02. The summed E-state index contributed by atoms with van der Waals surface area (Å²) in [6, 6.07) is 15.9. The Balaban J connectivity index is 1.48. The van der Waals surface area contributed by atoms with E-state index >= 15 is 0 Å². The molecule has 0 saturated carbocycles. The number of amides is 2. The van der Waals surface area contributed by atoms with E-state index < -0.39 is 6.03 Å². The third kappa shape index (κ3) is 5.22. The third-order valence-corrected chi connectivity index (χ3v) is 7.38. The van der Waals surface area contributed by atoms with Crippen LogP contribution in [0.2, 0.25) is 10.0 Å². The number of rotatable bonds is 6. The molecule has 1 aliphatic rings. The Hall–Kier alpha value is -3.73. The maximum atomic E-state index is 12.6. The van der Waals surface area contributed by atoms with E-state index in [9.17, 15) is 9.59 Å². The second-order valence-electron chi connectivity index (χ2n) is 7.98. The van der Waals surface area contributed by atoms with Gasteiger partial charge in [-0.25, -0.2) is 4.79 Å². The summed E-state index contributed by atoms with van der Waals surface area (Å²) in [6.07, 6.45) is 0.106. The fraction of sp³-hybridized carbons (Fsp3) is 0.160. The number of carbonyl (C=O) groups is 2. The van der Waals surface area contributed by atoms with Crippen molar-refractivity contribution in [2.24, 2.45) is 4.99 Å². The van der Waals surface area contributed by atoms with E-state index in [-0.39, 0.29) is 25.5 Å². The number of benzene rings is 2. The van der Waals surface area contributed by atoms with E-state index in [0.717, 1.165) is 21.0 Å². The smallest absolute Gasteiger partial charge is 0.319 e. The van der Waals surface area contributed by atoms with Crippen molar-refractivity contribution in [1.82, 2.24) is 20.1 Å². The molecular formula is C25H20Cl2N6O3S. The highest BCUT2D eigenvalue weighted by molar-refractivity contribution is 7.15. The van der Waals surface area contributed by atoms with Crippen LogP contribution in [0.5, 0.6) is 0 Å². The topological polar surface area (TPSA) is 111 Å². The minimum Gasteiger partial charge on any atom is -0.469 e. The number of methoxy groups -OCH3 is 1. The van der Waals surface area contributed by atoms with Crippen LogP contribution >= 0.6 is 34.5 Å². The zero-order valence-corrected chi connectivity index (χ0v) is 21.8. The van der Waals surface area contributed by atoms with Gasteiger partial charge in [0.2, 0.25) is 0 Å². The van der Waals surface area contributed by atoms with Crippen LogP contribution in [0.3, 0.4) is 0 Å². The van der Waals surface area contributed by atoms with E-state index in [1.165, 1.54) is 18.4 Å². The predicted molar refractivity (Wildman–Crippen MR) is 143 cm³/mol. The van der Waals surface area contributed by atoms with Crippen LogP contribution in [0.4, 0.5) is 10.5 Å². The Bertz CT molecular complexity index is 1530. The number of aliphatic imine (C=N–C) groups is 1. The molecule has 0 saturated heterocycles. The molecule has 2 N–H and O–H groups in total. The summed E-state index contributed by atoms with van der Waals surface area (Å²) in [6.45, 7) is 0.349. The number of hydrogen-bond acceptors (Lipinski definition) is 7. The molecule has 0 spiro atoms. The molecule has 0 radical (unpaired) electrons. The number of ether oxygens (including phenoxy) is 1. The maximum absolute atomic E-state index is 12.6. The lowest BCUT2D eigenvalue weighted by atomic mass is 10.0. The second kappa shape index (κ2) is 10.7. The van der Waals surface area contributed by atoms with E-state index in [2.05, 4.69) is 20.8 Å². The molecule has 2 aromatic heterocycles. The minimum atomic E-state index is -0.440. The summed E-state index contributed by atoms with van der Waals surface area (Å²) in [4.78, 5) is 30.2. The average Bonchev–Trinajstić information content (AvgIpc) is 3.45. The number of fused-ring (bicyclic) bond motifs is 3. The molecule has 5 rings (SSSR count). The maximum Gasteiger partial charge on any atom is 0.319 e. The minimum absolute atomic E-state index is 0.0917. The molecule has 0 atom stereocenters. The van der Waals surface area contributed by atoms with E-state index in [0.29, 0.717) is 33.1 Å². The number of thiophene rings is 1. The van der Waals surface area contributed by atoms with Gasteiger partial charge in [0.05, 0.1) is 36.5 Å². The third-order valence-electron chi connectivity index (χ3n) is 5.60. The number of carbonyl (C=O) groups excluding carboxylic acids is 2. The summed E-state index contributed by atoms with van der Waals surface area (Å²) >= 11 is 14.1. The number of urea groups is 1. The van der Waals surface area contributed by atoms with Gasteiger partial charge in [-0.05, 0) is 24.3 Å². The molecule has 0 fully saturated rings. The Morgan fingerprint density at radius 2 is 1.81 bits per heavy atom. The summed E-state index contributed by atoms with van der Waals surface area (Å²) in [5.74, 6) is 0.750. The Labute approximate surface area is 226 Å². The fourth-order valence-corrected chi connectivity index (χ4v) is 5.47. The second-order valence-corrected chi connectivity index (χ2v) is 9.91. The molecule has 0 unspecified atom stereocenters. The first-order valence-corrected chi connectivity index (χ1v) is 12.7. The number of para-hydroxylation sites is 1. The normalized spacial score (nSPS) is 12.1. The Kier molecular flexibility index (Phi) is 7.22. The van der Waals surface area contributed by atoms with Gasteiger partial charge in [0.15, 0.2) is 11.6 Å². The average molecular weight is 555 g/mol. The quantitative estimate of drug-likeness (QED) is 0.325. The molecule has 0 aliphatic carbocycles. The van der Waals surface area contributed by atoms with Gasteiger partial charge in [0, 0.05) is 21.0 Å². The number of hydrogen-bond donors (Lipinski definition) is 2. The monoisotopic (exact) mass is 554 g/mol. The standard InChI is InChI=1S/C25H20Cl2N6O3S/c1-36-22(34)11-14-10-16-23(15-6-2-3-7-17(15)26)28-12-20-31-32-21(33(20)24(16)37-14)13-29-25(35)30-19-9-5-4-8-18(19)27/h2-10H,11-13H2,1H3,(H2,29,30,35). The molecule has 188 valence electrons. The summed E-state index contributed by atoms with van der Waals surface area (Å²) in [5.41, 5.74) is 2.74. The van der Waals surface area contributed by atoms with Crippen LogP contribution in [0.15, 0.2) is 59.6 Å². The fourth-order valence-electron chi connectivity index (χ4n) is 3.88. The molecule has 9 nitrogen and oxygen atoms in total. The van der Waals surface area contributed by atoms with Gasteiger partial charge in [-0.2, -0.15) is 0 Å². The van der Waals surface area contributed by atoms with E-state index in [4.69, 9.17) is 32.9 Å². The first kappa shape index (κ1) is 24.9. The highest BCUT2D eigenvalue weighted by Crippen LogP contribution is 2.35. The Morgan fingerprint density at radius 3 is 2.57 bits per heavy atom. The number of halogens is 2. The van der Waals surface area contributed by atoms with Gasteiger partial charge in [0.1, 0.15) is 11.5 Å². The van der Waals surface area contributed by atoms with Crippen LogP contribution in [0.1, 0.15) is 27.7 Å². The van der Waals surface area contributed by atoms with Crippen molar-refractivity contribution in [3.63, 3.8) is 0 Å². The molecule has 3 heterocycles. The van der Waals surface area contributed by atoms with Gasteiger partial charge in [0.25, 0.3) is 0 Å². The summed E-state index contributed by atoms with van der Waals surface area (Å²) < 4.78 is 6.73. The lowest BCUT2D eigenvalue weighted by molar-refractivity contribution is -0.139. The zero-order valence-electron chi connectivity index (χ0n) is 19.5. The number of esters is 1. The first-order valence-electron chi connectivity index (χ1n) is 11.2. The van der Waals surface area contributed by atoms with Gasteiger partial charge in [-0.3, -0.25) is 14.4 Å². The number of aromatic nitrogens is 3. The number of nitrogens with zero attached hydrogens (tertiary/aromatic N) is 4. The van der Waals surface area contributed by atoms with E-state index in [1.54, 1.807) is 30.3 Å². The van der Waals surface area contributed by atoms with Crippen LogP contribution in [-0.4, -0.2) is 39.6 Å². The van der Waals surface area contributed by atoms with Gasteiger partial charge in [-0.15, -0.1) is 21.5 Å². The largest absolute Gasteiger partial charge is 0.469 e. The molecule has 2 aromatic carbocycles. The summed E-state index contributed by atoms with van der Waals surface area (Å²) in [5, 5.41) is 15.9. The van der Waals surface area contributed by atoms with Gasteiger partial charge < -0.3 is 15.4 Å². The lowest BCUT2D eigenvalue weighted by Gasteiger charge is -2.11. The highest BCUT2D eigenvalue weighted by Gasteiger charge is 2.27. The van der Waals surface area contributed by atoms with Crippen molar-refractivity contribution >= 4 is 57.9 Å². The SMILES string of the molecule is COC(=O)Cc1cc2c(s1)-n1c(nnc1CNC(=O)Nc1ccccc1Cl)CN=C2c1ccccc1Cl. The van der Waals surface area contributed by atoms with Crippen LogP contribution < -0.4 is 10.6 Å². The molecule has 4 aromatic rings. The molecule has 37 heavy (non-hydrogen) atoms. The van der Waals surface area contributed by atoms with Gasteiger partial charge >= 0.3 is 12.0 Å². The van der Waals surface area contributed by atoms with Crippen molar-refractivity contribution in [3.8, 4) is 5.00 Å². The van der Waals surface area contributed by atoms with Crippen LogP contribution in [-0.2, 0) is 29.0 Å². The van der Waals surface area contributed by atoms with Crippen molar-refractivity contribution in [3.05, 3.63) is 92.3 Å². The molecular weight excluding hydrogens is 535 g/mol. The van der Waals surface area contributed by atoms with Crippen molar-refractivity contribution < 1.29 is 14.3 Å². The van der Waals surface area contributed by atoms with Crippen molar-refractivity contribution in [2.45, 2.75) is 19.5 Å². The zero-order chi connectivity index (χ0) is 25.9. The lowest BCUT2D eigenvalue weighted by Crippen LogP contribution is -2.29. The van der Waals surface area contributed by atoms with E-state index in [1.807, 2.05) is 28.8 Å². The van der Waals surface area contributed by atoms with Crippen molar-refractivity contribution in [1.29, 1.82) is 0 Å².